The molecule has 3 heteroatoms. The number of ether oxygens (including phenoxy) is 1. The Morgan fingerprint density at radius 1 is 1.33 bits per heavy atom. The van der Waals surface area contributed by atoms with Gasteiger partial charge >= 0.3 is 0 Å². The summed E-state index contributed by atoms with van der Waals surface area (Å²) >= 11 is 0. The molecule has 0 bridgehead atoms. The van der Waals surface area contributed by atoms with E-state index in [1.165, 1.54) is 16.6 Å². The van der Waals surface area contributed by atoms with Crippen LogP contribution in [-0.4, -0.2) is 18.6 Å². The van der Waals surface area contributed by atoms with E-state index in [9.17, 15) is 0 Å². The molecule has 1 aromatic carbocycles. The van der Waals surface area contributed by atoms with E-state index in [4.69, 9.17) is 4.74 Å². The number of aromatic nitrogens is 1. The van der Waals surface area contributed by atoms with Gasteiger partial charge in [0.2, 0.25) is 0 Å². The molecule has 18 heavy (non-hydrogen) atoms. The normalized spacial score (nSPS) is 11.4. The number of para-hydroxylation sites is 1. The number of fused-ring (bicyclic) bond motifs is 1. The number of hydrogen-bond donors (Lipinski definition) is 2. The molecule has 2 rings (SSSR count). The molecule has 0 aliphatic carbocycles. The predicted octanol–water partition coefficient (Wildman–Crippen LogP) is 3.23. The van der Waals surface area contributed by atoms with Crippen LogP contribution >= 0.6 is 0 Å². The lowest BCUT2D eigenvalue weighted by Gasteiger charge is -2.07. The summed E-state index contributed by atoms with van der Waals surface area (Å²) in [6.07, 6.45) is 0. The fraction of sp³-hybridized carbons (Fsp3) is 0.467. The Balaban J connectivity index is 2.30. The zero-order chi connectivity index (χ0) is 13.1. The van der Waals surface area contributed by atoms with Crippen LogP contribution in [0.5, 0.6) is 5.75 Å². The molecule has 0 saturated carbocycles. The van der Waals surface area contributed by atoms with E-state index in [1.807, 2.05) is 12.1 Å². The van der Waals surface area contributed by atoms with Crippen LogP contribution in [0, 0.1) is 12.8 Å². The molecule has 0 unspecified atom stereocenters. The van der Waals surface area contributed by atoms with Crippen LogP contribution in [-0.2, 0) is 6.54 Å². The van der Waals surface area contributed by atoms with Gasteiger partial charge in [-0.2, -0.15) is 0 Å². The summed E-state index contributed by atoms with van der Waals surface area (Å²) in [4.78, 5) is 3.42. The number of rotatable bonds is 5. The molecule has 0 radical (unpaired) electrons. The van der Waals surface area contributed by atoms with Gasteiger partial charge in [0.25, 0.3) is 0 Å². The van der Waals surface area contributed by atoms with Crippen LogP contribution in [0.15, 0.2) is 18.2 Å². The zero-order valence-corrected chi connectivity index (χ0v) is 11.6. The van der Waals surface area contributed by atoms with E-state index in [0.717, 1.165) is 24.4 Å². The molecule has 98 valence electrons. The fourth-order valence-electron chi connectivity index (χ4n) is 2.26. The summed E-state index contributed by atoms with van der Waals surface area (Å²) in [6.45, 7) is 8.50. The molecule has 3 nitrogen and oxygen atoms in total. The average Bonchev–Trinajstić information content (AvgIpc) is 2.65. The first kappa shape index (κ1) is 13.0. The molecule has 2 N–H and O–H groups in total. The van der Waals surface area contributed by atoms with Crippen molar-refractivity contribution in [2.24, 2.45) is 5.92 Å². The first-order valence-electron chi connectivity index (χ1n) is 6.48. The third-order valence-corrected chi connectivity index (χ3v) is 3.19. The number of aryl methyl sites for hydroxylation is 1. The number of nitrogens with one attached hydrogen (secondary N) is 2. The second kappa shape index (κ2) is 5.44. The molecule has 1 aromatic heterocycles. The largest absolute Gasteiger partial charge is 0.495 e. The summed E-state index contributed by atoms with van der Waals surface area (Å²) in [5.74, 6) is 1.58. The van der Waals surface area contributed by atoms with Crippen molar-refractivity contribution in [2.45, 2.75) is 27.3 Å². The van der Waals surface area contributed by atoms with Gasteiger partial charge in [-0.25, -0.2) is 0 Å². The van der Waals surface area contributed by atoms with E-state index in [-0.39, 0.29) is 0 Å². The lowest BCUT2D eigenvalue weighted by atomic mass is 10.1. The Hall–Kier alpha value is -1.48. The van der Waals surface area contributed by atoms with E-state index in [1.54, 1.807) is 7.11 Å². The quantitative estimate of drug-likeness (QED) is 0.850. The highest BCUT2D eigenvalue weighted by Gasteiger charge is 2.11. The number of H-pyrrole nitrogens is 1. The number of methoxy groups -OCH3 is 1. The molecule has 1 heterocycles. The Morgan fingerprint density at radius 3 is 2.78 bits per heavy atom. The van der Waals surface area contributed by atoms with E-state index in [0.29, 0.717) is 5.92 Å². The molecule has 0 atom stereocenters. The molecule has 0 amide bonds. The highest BCUT2D eigenvalue weighted by Crippen LogP contribution is 2.29. The average molecular weight is 246 g/mol. The van der Waals surface area contributed by atoms with Crippen molar-refractivity contribution in [3.63, 3.8) is 0 Å². The minimum absolute atomic E-state index is 0.671. The molecular formula is C15H22N2O. The second-order valence-corrected chi connectivity index (χ2v) is 5.14. The Bertz CT molecular complexity index is 529. The Labute approximate surface area is 109 Å². The van der Waals surface area contributed by atoms with Gasteiger partial charge in [-0.1, -0.05) is 26.0 Å². The summed E-state index contributed by atoms with van der Waals surface area (Å²) in [5.41, 5.74) is 3.65. The van der Waals surface area contributed by atoms with Gasteiger partial charge in [-0.3, -0.25) is 0 Å². The van der Waals surface area contributed by atoms with Crippen molar-refractivity contribution in [3.05, 3.63) is 29.5 Å². The van der Waals surface area contributed by atoms with Gasteiger partial charge in [-0.05, 0) is 31.0 Å². The van der Waals surface area contributed by atoms with Crippen molar-refractivity contribution < 1.29 is 4.74 Å². The third kappa shape index (κ3) is 2.51. The molecule has 0 aliphatic heterocycles. The molecule has 0 saturated heterocycles. The highest BCUT2D eigenvalue weighted by molar-refractivity contribution is 5.89. The Morgan fingerprint density at radius 2 is 2.11 bits per heavy atom. The Kier molecular flexibility index (Phi) is 3.92. The fourth-order valence-corrected chi connectivity index (χ4v) is 2.26. The van der Waals surface area contributed by atoms with Crippen LogP contribution < -0.4 is 10.1 Å². The molecule has 0 aliphatic rings. The van der Waals surface area contributed by atoms with E-state index < -0.39 is 0 Å². The van der Waals surface area contributed by atoms with Crippen LogP contribution in [0.25, 0.3) is 10.9 Å². The first-order chi connectivity index (χ1) is 8.63. The first-order valence-corrected chi connectivity index (χ1v) is 6.48. The lowest BCUT2D eigenvalue weighted by Crippen LogP contribution is -2.19. The molecule has 0 fully saturated rings. The summed E-state index contributed by atoms with van der Waals surface area (Å²) in [6, 6.07) is 6.18. The van der Waals surface area contributed by atoms with Crippen molar-refractivity contribution in [2.75, 3.05) is 13.7 Å². The minimum Gasteiger partial charge on any atom is -0.495 e. The van der Waals surface area contributed by atoms with Crippen molar-refractivity contribution in [3.8, 4) is 5.75 Å². The van der Waals surface area contributed by atoms with Gasteiger partial charge in [0.05, 0.1) is 12.6 Å². The van der Waals surface area contributed by atoms with Crippen molar-refractivity contribution >= 4 is 10.9 Å². The maximum atomic E-state index is 5.39. The lowest BCUT2D eigenvalue weighted by molar-refractivity contribution is 0.419. The topological polar surface area (TPSA) is 37.0 Å². The van der Waals surface area contributed by atoms with E-state index in [2.05, 4.69) is 37.1 Å². The van der Waals surface area contributed by atoms with Crippen LogP contribution in [0.3, 0.4) is 0 Å². The molecule has 2 aromatic rings. The van der Waals surface area contributed by atoms with Crippen molar-refractivity contribution in [1.82, 2.24) is 10.3 Å². The maximum Gasteiger partial charge on any atom is 0.142 e. The van der Waals surface area contributed by atoms with Gasteiger partial charge in [-0.15, -0.1) is 0 Å². The van der Waals surface area contributed by atoms with Crippen LogP contribution in [0.2, 0.25) is 0 Å². The van der Waals surface area contributed by atoms with E-state index >= 15 is 0 Å². The number of benzene rings is 1. The zero-order valence-electron chi connectivity index (χ0n) is 11.6. The maximum absolute atomic E-state index is 5.39. The standard InChI is InChI=1S/C15H22N2O/c1-10(2)8-16-9-13-11(3)17-15-12(13)6-5-7-14(15)18-4/h5-7,10,16-17H,8-9H2,1-4H3. The smallest absolute Gasteiger partial charge is 0.142 e. The number of aromatic amines is 1. The van der Waals surface area contributed by atoms with Gasteiger partial charge in [0.15, 0.2) is 0 Å². The monoisotopic (exact) mass is 246 g/mol. The number of hydrogen-bond acceptors (Lipinski definition) is 2. The van der Waals surface area contributed by atoms with Crippen LogP contribution in [0.1, 0.15) is 25.1 Å². The molecule has 0 spiro atoms. The van der Waals surface area contributed by atoms with Gasteiger partial charge in [0, 0.05) is 17.6 Å². The summed E-state index contributed by atoms with van der Waals surface area (Å²) in [5, 5.41) is 4.75. The predicted molar refractivity (Wildman–Crippen MR) is 76.1 cm³/mol. The van der Waals surface area contributed by atoms with Crippen LogP contribution in [0.4, 0.5) is 0 Å². The minimum atomic E-state index is 0.671. The third-order valence-electron chi connectivity index (χ3n) is 3.19. The van der Waals surface area contributed by atoms with Crippen molar-refractivity contribution in [1.29, 1.82) is 0 Å². The van der Waals surface area contributed by atoms with Gasteiger partial charge in [0.1, 0.15) is 5.75 Å². The summed E-state index contributed by atoms with van der Waals surface area (Å²) < 4.78 is 5.39. The molecular weight excluding hydrogens is 224 g/mol. The SMILES string of the molecule is COc1cccc2c(CNCC(C)C)c(C)[nH]c12. The summed E-state index contributed by atoms with van der Waals surface area (Å²) in [7, 11) is 1.71. The second-order valence-electron chi connectivity index (χ2n) is 5.14. The highest BCUT2D eigenvalue weighted by atomic mass is 16.5. The van der Waals surface area contributed by atoms with Gasteiger partial charge < -0.3 is 15.0 Å².